The van der Waals surface area contributed by atoms with E-state index in [0.717, 1.165) is 120 Å². The number of amides is 2. The second-order valence-corrected chi connectivity index (χ2v) is 23.7. The fraction of sp³-hybridized carbons (Fsp3) is 0.547. The van der Waals surface area contributed by atoms with Crippen molar-refractivity contribution in [1.29, 1.82) is 0 Å². The van der Waals surface area contributed by atoms with Crippen LogP contribution < -0.4 is 10.6 Å². The molecule has 4 aromatic heterocycles. The average molecular weight is 969 g/mol. The molecule has 69 heavy (non-hydrogen) atoms. The Hall–Kier alpha value is -5.48. The van der Waals surface area contributed by atoms with Crippen molar-refractivity contribution in [3.05, 3.63) is 81.5 Å². The molecular formula is C53H60N8O6S2. The van der Waals surface area contributed by atoms with Gasteiger partial charge in [0.15, 0.2) is 40.8 Å². The van der Waals surface area contributed by atoms with Crippen LogP contribution in [0.15, 0.2) is 68.6 Å². The monoisotopic (exact) mass is 968 g/mol. The molecule has 10 unspecified atom stereocenters. The number of fused-ring (bicyclic) bond motifs is 13. The quantitative estimate of drug-likeness (QED) is 0.112. The molecule has 0 aliphatic heterocycles. The highest BCUT2D eigenvalue weighted by Gasteiger charge is 2.59. The average Bonchev–Trinajstić information content (AvgIpc) is 4.22. The Morgan fingerprint density at radius 2 is 1.42 bits per heavy atom. The second-order valence-electron chi connectivity index (χ2n) is 21.3. The standard InChI is InChI=1S/C53H60N8O6S2/c1-28-23-54-50(68-28)58-45(62)13-7-31-21-44(53(3)18-16-35-36(47(31)53)8-5-29-19-42-40(22-39(29)35)56-26-66-42)61-67-25-32-24-55-51(69-32)59-46(63)14-6-30-20-43(60-64-4)52(2)17-15-34-33-11-12-41-49(57-27-65-41)38(33)10-9-37(34)48(30)52/h11-12,19,22-24,26-27,30-31,34-37,47-48H,5-10,13-18,20-21,25H2,1-4H3,(H,54,58,62)(H,55,59,63). The summed E-state index contributed by atoms with van der Waals surface area (Å²) < 4.78 is 11.4. The van der Waals surface area contributed by atoms with Gasteiger partial charge in [0.2, 0.25) is 11.8 Å². The molecule has 4 saturated carbocycles. The van der Waals surface area contributed by atoms with Gasteiger partial charge in [-0.25, -0.2) is 19.9 Å². The normalized spacial score (nSPS) is 31.2. The predicted octanol–water partition coefficient (Wildman–Crippen LogP) is 11.8. The van der Waals surface area contributed by atoms with Crippen molar-refractivity contribution in [1.82, 2.24) is 19.9 Å². The fourth-order valence-corrected chi connectivity index (χ4v) is 16.4. The van der Waals surface area contributed by atoms with E-state index in [2.05, 4.69) is 73.8 Å². The summed E-state index contributed by atoms with van der Waals surface area (Å²) in [6.45, 7) is 7.04. The Morgan fingerprint density at radius 3 is 2.13 bits per heavy atom. The van der Waals surface area contributed by atoms with Crippen LogP contribution in [-0.4, -0.2) is 50.3 Å². The minimum Gasteiger partial charge on any atom is -0.443 e. The van der Waals surface area contributed by atoms with E-state index < -0.39 is 0 Å². The Kier molecular flexibility index (Phi) is 11.5. The molecule has 4 heterocycles. The van der Waals surface area contributed by atoms with Crippen molar-refractivity contribution in [2.24, 2.45) is 56.6 Å². The molecule has 2 aromatic carbocycles. The van der Waals surface area contributed by atoms with Gasteiger partial charge in [0.25, 0.3) is 0 Å². The van der Waals surface area contributed by atoms with Crippen LogP contribution in [0.2, 0.25) is 0 Å². The number of thiazole rings is 2. The zero-order valence-electron chi connectivity index (χ0n) is 39.8. The van der Waals surface area contributed by atoms with E-state index in [1.807, 2.05) is 6.92 Å². The van der Waals surface area contributed by atoms with Gasteiger partial charge in [-0.3, -0.25) is 9.59 Å². The van der Waals surface area contributed by atoms with Crippen molar-refractivity contribution < 1.29 is 28.1 Å². The molecule has 6 aromatic rings. The number of aryl methyl sites for hydroxylation is 3. The number of aromatic nitrogens is 4. The van der Waals surface area contributed by atoms with Gasteiger partial charge in [0, 0.05) is 40.9 Å². The van der Waals surface area contributed by atoms with E-state index in [9.17, 15) is 9.59 Å². The van der Waals surface area contributed by atoms with Gasteiger partial charge >= 0.3 is 0 Å². The molecule has 16 heteroatoms. The summed E-state index contributed by atoms with van der Waals surface area (Å²) >= 11 is 2.94. The highest BCUT2D eigenvalue weighted by atomic mass is 32.1. The molecule has 12 rings (SSSR count). The molecular weight excluding hydrogens is 909 g/mol. The highest BCUT2D eigenvalue weighted by Crippen LogP contribution is 2.64. The lowest BCUT2D eigenvalue weighted by molar-refractivity contribution is -0.117. The van der Waals surface area contributed by atoms with Crippen LogP contribution in [0.3, 0.4) is 0 Å². The van der Waals surface area contributed by atoms with Crippen LogP contribution >= 0.6 is 22.7 Å². The van der Waals surface area contributed by atoms with E-state index in [1.165, 1.54) is 44.9 Å². The van der Waals surface area contributed by atoms with Gasteiger partial charge in [-0.15, -0.1) is 11.3 Å². The Bertz CT molecular complexity index is 3010. The van der Waals surface area contributed by atoms with Crippen LogP contribution in [0, 0.1) is 53.3 Å². The first-order valence-corrected chi connectivity index (χ1v) is 26.7. The topological polar surface area (TPSA) is 179 Å². The smallest absolute Gasteiger partial charge is 0.226 e. The maximum atomic E-state index is 13.7. The van der Waals surface area contributed by atoms with Crippen molar-refractivity contribution >= 4 is 78.4 Å². The first-order valence-electron chi connectivity index (χ1n) is 25.0. The van der Waals surface area contributed by atoms with Gasteiger partial charge in [-0.1, -0.05) is 41.6 Å². The minimum absolute atomic E-state index is 0.00566. The van der Waals surface area contributed by atoms with Crippen molar-refractivity contribution in [2.45, 2.75) is 129 Å². The molecule has 0 spiro atoms. The molecule has 14 nitrogen and oxygen atoms in total. The molecule has 0 bridgehead atoms. The number of oxime groups is 2. The third-order valence-electron chi connectivity index (χ3n) is 17.9. The molecule has 360 valence electrons. The third kappa shape index (κ3) is 7.88. The molecule has 2 amide bonds. The zero-order valence-corrected chi connectivity index (χ0v) is 41.4. The summed E-state index contributed by atoms with van der Waals surface area (Å²) in [5.41, 5.74) is 11.3. The number of nitrogens with one attached hydrogen (secondary N) is 2. The number of rotatable bonds is 12. The Labute approximate surface area is 409 Å². The number of hydrogen-bond donors (Lipinski definition) is 2. The summed E-state index contributed by atoms with van der Waals surface area (Å²) in [7, 11) is 1.65. The zero-order chi connectivity index (χ0) is 47.0. The summed E-state index contributed by atoms with van der Waals surface area (Å²) in [5, 5.41) is 16.9. The molecule has 6 aliphatic carbocycles. The van der Waals surface area contributed by atoms with Gasteiger partial charge in [0.1, 0.15) is 18.1 Å². The number of hydrogen-bond acceptors (Lipinski definition) is 14. The number of carbonyl (C=O) groups is 2. The van der Waals surface area contributed by atoms with E-state index >= 15 is 0 Å². The van der Waals surface area contributed by atoms with E-state index in [0.29, 0.717) is 70.4 Å². The maximum Gasteiger partial charge on any atom is 0.226 e. The van der Waals surface area contributed by atoms with Gasteiger partial charge in [-0.05, 0) is 172 Å². The second kappa shape index (κ2) is 17.7. The first-order chi connectivity index (χ1) is 33.6. The summed E-state index contributed by atoms with van der Waals surface area (Å²) in [4.78, 5) is 58.6. The number of anilines is 2. The van der Waals surface area contributed by atoms with Crippen LogP contribution in [0.25, 0.3) is 22.2 Å². The number of nitrogens with zero attached hydrogens (tertiary/aromatic N) is 6. The SMILES string of the molecule is CON=C1CC(CCC(=O)Nc2ncc(CON=C3CC(CCC(=O)Nc4ncc(C)s4)C4C5CCc6cc7ocnc7cc6C5CCC34C)s2)C2C3CCc4c(ccc5ocnc45)C3CCC12C. The predicted molar refractivity (Wildman–Crippen MR) is 266 cm³/mol. The van der Waals surface area contributed by atoms with Crippen LogP contribution in [0.1, 0.15) is 135 Å². The molecule has 4 fully saturated rings. The Morgan fingerprint density at radius 1 is 0.768 bits per heavy atom. The number of carbonyl (C=O) groups excluding carboxylic acids is 2. The molecule has 10 atom stereocenters. The molecule has 6 aliphatic rings. The van der Waals surface area contributed by atoms with Gasteiger partial charge < -0.3 is 29.1 Å². The van der Waals surface area contributed by atoms with Gasteiger partial charge in [0.05, 0.1) is 16.3 Å². The molecule has 0 radical (unpaired) electrons. The van der Waals surface area contributed by atoms with Crippen LogP contribution in [0.4, 0.5) is 10.3 Å². The minimum atomic E-state index is -0.144. The summed E-state index contributed by atoms with van der Waals surface area (Å²) in [6, 6.07) is 8.83. The lowest BCUT2D eigenvalue weighted by atomic mass is 9.54. The van der Waals surface area contributed by atoms with Crippen LogP contribution in [-0.2, 0) is 38.7 Å². The van der Waals surface area contributed by atoms with Crippen molar-refractivity contribution in [3.63, 3.8) is 0 Å². The number of benzene rings is 2. The fourth-order valence-electron chi connectivity index (χ4n) is 15.0. The van der Waals surface area contributed by atoms with E-state index in [1.54, 1.807) is 32.3 Å². The summed E-state index contributed by atoms with van der Waals surface area (Å²) in [6.07, 6.45) is 19.1. The lowest BCUT2D eigenvalue weighted by Crippen LogP contribution is -2.44. The number of oxazole rings is 2. The molecule has 2 N–H and O–H groups in total. The highest BCUT2D eigenvalue weighted by molar-refractivity contribution is 7.16. The van der Waals surface area contributed by atoms with Crippen molar-refractivity contribution in [3.8, 4) is 0 Å². The van der Waals surface area contributed by atoms with E-state index in [4.69, 9.17) is 23.7 Å². The first kappa shape index (κ1) is 44.7. The van der Waals surface area contributed by atoms with Crippen LogP contribution in [0.5, 0.6) is 0 Å². The van der Waals surface area contributed by atoms with E-state index in [-0.39, 0.29) is 29.3 Å². The molecule has 0 saturated heterocycles. The maximum absolute atomic E-state index is 13.7. The lowest BCUT2D eigenvalue weighted by Gasteiger charge is -2.50. The summed E-state index contributed by atoms with van der Waals surface area (Å²) in [5.74, 6) is 3.23. The van der Waals surface area contributed by atoms with Crippen molar-refractivity contribution in [2.75, 3.05) is 17.7 Å². The largest absolute Gasteiger partial charge is 0.443 e. The third-order valence-corrected chi connectivity index (χ3v) is 19.6. The Balaban J connectivity index is 0.704. The van der Waals surface area contributed by atoms with Gasteiger partial charge in [-0.2, -0.15) is 0 Å².